The standard InChI is InChI=1S/C8H15NOS/c1-6(10)8(3,9-4)7(2)11-5/h9H,2H2,1,3-5H3/t8-/m1/s1. The van der Waals surface area contributed by atoms with E-state index in [0.29, 0.717) is 0 Å². The number of hydrogen-bond donors (Lipinski definition) is 1. The molecule has 0 aliphatic heterocycles. The summed E-state index contributed by atoms with van der Waals surface area (Å²) in [4.78, 5) is 12.0. The van der Waals surface area contributed by atoms with Gasteiger partial charge in [0, 0.05) is 4.91 Å². The fourth-order valence-electron chi connectivity index (χ4n) is 0.716. The molecule has 1 atom stereocenters. The molecule has 0 aromatic carbocycles. The number of nitrogens with one attached hydrogen (secondary N) is 1. The van der Waals surface area contributed by atoms with E-state index in [9.17, 15) is 4.79 Å². The first kappa shape index (κ1) is 10.7. The third-order valence-corrected chi connectivity index (χ3v) is 2.91. The molecule has 0 aromatic rings. The largest absolute Gasteiger partial charge is 0.304 e. The summed E-state index contributed by atoms with van der Waals surface area (Å²) in [7, 11) is 1.77. The first-order valence-electron chi connectivity index (χ1n) is 3.42. The van der Waals surface area contributed by atoms with Gasteiger partial charge in [-0.05, 0) is 27.2 Å². The Balaban J connectivity index is 4.59. The lowest BCUT2D eigenvalue weighted by Gasteiger charge is -2.27. The molecule has 2 nitrogen and oxygen atoms in total. The van der Waals surface area contributed by atoms with Crippen LogP contribution in [0, 0.1) is 0 Å². The Morgan fingerprint density at radius 1 is 1.64 bits per heavy atom. The Morgan fingerprint density at radius 3 is 2.18 bits per heavy atom. The SMILES string of the molecule is C=C(SC)[C@](C)(NC)C(C)=O. The minimum absolute atomic E-state index is 0.0966. The maximum absolute atomic E-state index is 11.2. The minimum atomic E-state index is -0.570. The van der Waals surface area contributed by atoms with E-state index in [0.717, 1.165) is 4.91 Å². The van der Waals surface area contributed by atoms with Crippen LogP contribution in [0.1, 0.15) is 13.8 Å². The van der Waals surface area contributed by atoms with Crippen molar-refractivity contribution < 1.29 is 4.79 Å². The zero-order valence-corrected chi connectivity index (χ0v) is 8.34. The molecule has 0 aliphatic rings. The van der Waals surface area contributed by atoms with E-state index in [1.54, 1.807) is 14.0 Å². The molecule has 1 N–H and O–H groups in total. The van der Waals surface area contributed by atoms with Crippen LogP contribution in [0.4, 0.5) is 0 Å². The number of thioether (sulfide) groups is 1. The van der Waals surface area contributed by atoms with Gasteiger partial charge in [-0.3, -0.25) is 4.79 Å². The number of carbonyl (C=O) groups is 1. The van der Waals surface area contributed by atoms with Gasteiger partial charge < -0.3 is 5.32 Å². The molecule has 0 saturated carbocycles. The Morgan fingerprint density at radius 2 is 2.09 bits per heavy atom. The fraction of sp³-hybridized carbons (Fsp3) is 0.625. The van der Waals surface area contributed by atoms with Crippen molar-refractivity contribution in [3.8, 4) is 0 Å². The van der Waals surface area contributed by atoms with Crippen LogP contribution >= 0.6 is 11.8 Å². The molecule has 0 aliphatic carbocycles. The second-order valence-electron chi connectivity index (χ2n) is 2.56. The molecule has 0 saturated heterocycles. The lowest BCUT2D eigenvalue weighted by molar-refractivity contribution is -0.120. The van der Waals surface area contributed by atoms with Crippen LogP contribution < -0.4 is 5.32 Å². The third-order valence-electron chi connectivity index (χ3n) is 2.01. The number of ketones is 1. The molecule has 0 spiro atoms. The highest BCUT2D eigenvalue weighted by atomic mass is 32.2. The van der Waals surface area contributed by atoms with Gasteiger partial charge in [-0.2, -0.15) is 0 Å². The third kappa shape index (κ3) is 2.07. The van der Waals surface area contributed by atoms with Crippen LogP contribution in [0.3, 0.4) is 0 Å². The molecule has 0 fully saturated rings. The highest BCUT2D eigenvalue weighted by molar-refractivity contribution is 8.02. The summed E-state index contributed by atoms with van der Waals surface area (Å²) < 4.78 is 0. The van der Waals surface area contributed by atoms with Gasteiger partial charge in [0.2, 0.25) is 0 Å². The van der Waals surface area contributed by atoms with Crippen LogP contribution in [-0.4, -0.2) is 24.6 Å². The predicted molar refractivity (Wildman–Crippen MR) is 50.8 cm³/mol. The van der Waals surface area contributed by atoms with Crippen molar-refractivity contribution in [2.24, 2.45) is 0 Å². The number of Topliss-reactive ketones (excluding diaryl/α,β-unsaturated/α-hetero) is 1. The van der Waals surface area contributed by atoms with Crippen molar-refractivity contribution in [3.63, 3.8) is 0 Å². The molecule has 0 unspecified atom stereocenters. The summed E-state index contributed by atoms with van der Waals surface area (Å²) >= 11 is 1.51. The minimum Gasteiger partial charge on any atom is -0.304 e. The zero-order chi connectivity index (χ0) is 9.07. The molecule has 11 heavy (non-hydrogen) atoms. The van der Waals surface area contributed by atoms with Crippen molar-refractivity contribution in [1.29, 1.82) is 0 Å². The summed E-state index contributed by atoms with van der Waals surface area (Å²) in [5, 5.41) is 2.96. The quantitative estimate of drug-likeness (QED) is 0.697. The van der Waals surface area contributed by atoms with Crippen LogP contribution in [0.25, 0.3) is 0 Å². The van der Waals surface area contributed by atoms with Crippen molar-refractivity contribution >= 4 is 17.5 Å². The molecular formula is C8H15NOS. The van der Waals surface area contributed by atoms with Crippen molar-refractivity contribution in [3.05, 3.63) is 11.5 Å². The van der Waals surface area contributed by atoms with E-state index in [-0.39, 0.29) is 5.78 Å². The van der Waals surface area contributed by atoms with Crippen molar-refractivity contribution in [1.82, 2.24) is 5.32 Å². The number of hydrogen-bond acceptors (Lipinski definition) is 3. The van der Waals surface area contributed by atoms with Gasteiger partial charge in [0.1, 0.15) is 5.54 Å². The molecule has 64 valence electrons. The number of carbonyl (C=O) groups excluding carboxylic acids is 1. The number of likely N-dealkylation sites (N-methyl/N-ethyl adjacent to an activating group) is 1. The Labute approximate surface area is 72.4 Å². The van der Waals surface area contributed by atoms with E-state index in [1.165, 1.54) is 11.8 Å². The molecule has 0 aromatic heterocycles. The van der Waals surface area contributed by atoms with Gasteiger partial charge in [0.05, 0.1) is 0 Å². The van der Waals surface area contributed by atoms with Crippen LogP contribution in [-0.2, 0) is 4.79 Å². The Hall–Kier alpha value is -0.280. The van der Waals surface area contributed by atoms with Gasteiger partial charge >= 0.3 is 0 Å². The smallest absolute Gasteiger partial charge is 0.154 e. The lowest BCUT2D eigenvalue weighted by atomic mass is 9.98. The van der Waals surface area contributed by atoms with E-state index in [1.807, 2.05) is 13.2 Å². The van der Waals surface area contributed by atoms with Crippen molar-refractivity contribution in [2.45, 2.75) is 19.4 Å². The van der Waals surface area contributed by atoms with Gasteiger partial charge in [-0.1, -0.05) is 6.58 Å². The van der Waals surface area contributed by atoms with Gasteiger partial charge in [-0.15, -0.1) is 11.8 Å². The van der Waals surface area contributed by atoms with Crippen LogP contribution in [0.15, 0.2) is 11.5 Å². The Kier molecular flexibility index (Phi) is 3.83. The van der Waals surface area contributed by atoms with E-state index >= 15 is 0 Å². The highest BCUT2D eigenvalue weighted by Crippen LogP contribution is 2.24. The molecule has 3 heteroatoms. The maximum Gasteiger partial charge on any atom is 0.154 e. The van der Waals surface area contributed by atoms with Gasteiger partial charge in [-0.25, -0.2) is 0 Å². The fourth-order valence-corrected chi connectivity index (χ4v) is 1.37. The maximum atomic E-state index is 11.2. The molecule has 0 amide bonds. The van der Waals surface area contributed by atoms with Crippen LogP contribution in [0.5, 0.6) is 0 Å². The van der Waals surface area contributed by atoms with E-state index < -0.39 is 5.54 Å². The number of rotatable bonds is 4. The highest BCUT2D eigenvalue weighted by Gasteiger charge is 2.30. The molecule has 0 heterocycles. The molecular weight excluding hydrogens is 158 g/mol. The average Bonchev–Trinajstić information content (AvgIpc) is 2.01. The summed E-state index contributed by atoms with van der Waals surface area (Å²) in [6.45, 7) is 7.23. The topological polar surface area (TPSA) is 29.1 Å². The van der Waals surface area contributed by atoms with Crippen LogP contribution in [0.2, 0.25) is 0 Å². The lowest BCUT2D eigenvalue weighted by Crippen LogP contribution is -2.46. The molecule has 0 radical (unpaired) electrons. The first-order chi connectivity index (χ1) is 4.99. The molecule has 0 rings (SSSR count). The zero-order valence-electron chi connectivity index (χ0n) is 7.52. The van der Waals surface area contributed by atoms with Gasteiger partial charge in [0.15, 0.2) is 5.78 Å². The second-order valence-corrected chi connectivity index (χ2v) is 3.46. The summed E-state index contributed by atoms with van der Waals surface area (Å²) in [6.07, 6.45) is 1.92. The first-order valence-corrected chi connectivity index (χ1v) is 4.64. The average molecular weight is 173 g/mol. The summed E-state index contributed by atoms with van der Waals surface area (Å²) in [5.41, 5.74) is -0.570. The summed E-state index contributed by atoms with van der Waals surface area (Å²) in [6, 6.07) is 0. The summed E-state index contributed by atoms with van der Waals surface area (Å²) in [5.74, 6) is 0.0966. The van der Waals surface area contributed by atoms with Gasteiger partial charge in [0.25, 0.3) is 0 Å². The molecule has 0 bridgehead atoms. The van der Waals surface area contributed by atoms with E-state index in [2.05, 4.69) is 11.9 Å². The predicted octanol–water partition coefficient (Wildman–Crippen LogP) is 1.43. The second kappa shape index (κ2) is 3.93. The van der Waals surface area contributed by atoms with E-state index in [4.69, 9.17) is 0 Å². The Bertz CT molecular complexity index is 179. The van der Waals surface area contributed by atoms with Crippen molar-refractivity contribution in [2.75, 3.05) is 13.3 Å². The monoisotopic (exact) mass is 173 g/mol. The normalized spacial score (nSPS) is 15.6.